The molecular weight excluding hydrogens is 375 g/mol. The van der Waals surface area contributed by atoms with Crippen molar-refractivity contribution in [2.75, 3.05) is 32.5 Å². The van der Waals surface area contributed by atoms with Crippen LogP contribution in [-0.4, -0.2) is 48.9 Å². The molecule has 122 valence electrons. The van der Waals surface area contributed by atoms with Crippen LogP contribution in [0, 0.1) is 20.8 Å². The van der Waals surface area contributed by atoms with Crippen molar-refractivity contribution in [3.63, 3.8) is 0 Å². The molecule has 0 aromatic heterocycles. The molecule has 4 heteroatoms. The number of anilines is 1. The summed E-state index contributed by atoms with van der Waals surface area (Å²) in [5.41, 5.74) is 4.92. The number of likely N-dealkylation sites (N-methyl/N-ethyl adjacent to an activating group) is 1. The van der Waals surface area contributed by atoms with Gasteiger partial charge in [0.05, 0.1) is 20.1 Å². The molecule has 0 amide bonds. The van der Waals surface area contributed by atoms with Crippen molar-refractivity contribution in [1.29, 1.82) is 0 Å². The number of hydrogen-bond donors (Lipinski definition) is 2. The second kappa shape index (κ2) is 8.34. The zero-order chi connectivity index (χ0) is 15.5. The summed E-state index contributed by atoms with van der Waals surface area (Å²) in [7, 11) is 4.33. The van der Waals surface area contributed by atoms with Gasteiger partial charge in [-0.2, -0.15) is 0 Å². The quantitative estimate of drug-likeness (QED) is 0.510. The molecule has 1 atom stereocenters. The predicted molar refractivity (Wildman–Crippen MR) is 87.3 cm³/mol. The summed E-state index contributed by atoms with van der Waals surface area (Å²) in [6.45, 7) is 12.1. The zero-order valence-corrected chi connectivity index (χ0v) is 16.7. The minimum Gasteiger partial charge on any atom is -1.00 e. The molecule has 0 aliphatic carbocycles. The molecule has 1 aromatic rings. The Bertz CT molecular complexity index is 435. The van der Waals surface area contributed by atoms with Gasteiger partial charge in [0, 0.05) is 12.2 Å². The number of benzene rings is 1. The van der Waals surface area contributed by atoms with Crippen LogP contribution in [0.5, 0.6) is 0 Å². The maximum Gasteiger partial charge on any atom is 0.120 e. The van der Waals surface area contributed by atoms with Gasteiger partial charge in [0.1, 0.15) is 12.6 Å². The van der Waals surface area contributed by atoms with Crippen LogP contribution in [-0.2, 0) is 0 Å². The van der Waals surface area contributed by atoms with Gasteiger partial charge in [0.15, 0.2) is 0 Å². The number of quaternary nitrogens is 1. The molecule has 0 spiro atoms. The van der Waals surface area contributed by atoms with Crippen molar-refractivity contribution in [2.24, 2.45) is 0 Å². The molecular formula is C17H31IN2O. The standard InChI is InChI=1S/C17H31N2O.HI/c1-12(2)19(6,7)11-16(20)10-18-17-14(4)8-13(3)9-15(17)5;/h8-9,12,16,18,20H,10-11H2,1-7H3;1H/q+1;/p-1. The third-order valence-electron chi connectivity index (χ3n) is 4.27. The normalized spacial score (nSPS) is 13.0. The molecule has 0 saturated heterocycles. The Kier molecular flexibility index (Phi) is 8.21. The Morgan fingerprint density at radius 1 is 1.10 bits per heavy atom. The van der Waals surface area contributed by atoms with E-state index in [-0.39, 0.29) is 30.1 Å². The van der Waals surface area contributed by atoms with Gasteiger partial charge in [0.2, 0.25) is 0 Å². The first-order chi connectivity index (χ1) is 9.13. The second-order valence-electron chi connectivity index (χ2n) is 6.86. The van der Waals surface area contributed by atoms with E-state index in [1.165, 1.54) is 16.7 Å². The van der Waals surface area contributed by atoms with Gasteiger partial charge in [-0.15, -0.1) is 0 Å². The first kappa shape index (κ1) is 20.7. The number of aliphatic hydroxyl groups excluding tert-OH is 1. The van der Waals surface area contributed by atoms with Crippen molar-refractivity contribution < 1.29 is 33.6 Å². The Hall–Kier alpha value is -0.330. The molecule has 2 N–H and O–H groups in total. The molecule has 3 nitrogen and oxygen atoms in total. The minimum absolute atomic E-state index is 0. The van der Waals surface area contributed by atoms with E-state index in [0.29, 0.717) is 12.6 Å². The highest BCUT2D eigenvalue weighted by Gasteiger charge is 2.23. The SMILES string of the molecule is Cc1cc(C)c(NCC(O)C[N+](C)(C)C(C)C)c(C)c1.[I-]. The molecule has 0 aliphatic rings. The predicted octanol–water partition coefficient (Wildman–Crippen LogP) is -0.127. The fourth-order valence-corrected chi connectivity index (χ4v) is 2.50. The summed E-state index contributed by atoms with van der Waals surface area (Å²) in [4.78, 5) is 0. The largest absolute Gasteiger partial charge is 1.00 e. The average molecular weight is 406 g/mol. The summed E-state index contributed by atoms with van der Waals surface area (Å²) >= 11 is 0. The molecule has 1 unspecified atom stereocenters. The fraction of sp³-hybridized carbons (Fsp3) is 0.647. The number of hydrogen-bond acceptors (Lipinski definition) is 2. The van der Waals surface area contributed by atoms with Crippen LogP contribution in [0.1, 0.15) is 30.5 Å². The monoisotopic (exact) mass is 406 g/mol. The number of nitrogens with one attached hydrogen (secondary N) is 1. The van der Waals surface area contributed by atoms with Crippen molar-refractivity contribution in [2.45, 2.75) is 46.8 Å². The van der Waals surface area contributed by atoms with Crippen LogP contribution < -0.4 is 29.3 Å². The molecule has 1 rings (SSSR count). The molecule has 0 fully saturated rings. The van der Waals surface area contributed by atoms with E-state index in [0.717, 1.165) is 16.7 Å². The van der Waals surface area contributed by atoms with Crippen LogP contribution >= 0.6 is 0 Å². The lowest BCUT2D eigenvalue weighted by molar-refractivity contribution is -0.913. The second-order valence-corrected chi connectivity index (χ2v) is 6.86. The van der Waals surface area contributed by atoms with Crippen molar-refractivity contribution in [1.82, 2.24) is 0 Å². The lowest BCUT2D eigenvalue weighted by Gasteiger charge is -2.36. The highest BCUT2D eigenvalue weighted by molar-refractivity contribution is 5.58. The number of rotatable bonds is 6. The van der Waals surface area contributed by atoms with Gasteiger partial charge >= 0.3 is 0 Å². The number of aliphatic hydroxyl groups is 1. The molecule has 0 aliphatic heterocycles. The Morgan fingerprint density at radius 3 is 2.00 bits per heavy atom. The van der Waals surface area contributed by atoms with Crippen molar-refractivity contribution in [3.05, 3.63) is 28.8 Å². The molecule has 0 heterocycles. The molecule has 0 bridgehead atoms. The van der Waals surface area contributed by atoms with E-state index in [2.05, 4.69) is 66.2 Å². The number of halogens is 1. The van der Waals surface area contributed by atoms with Gasteiger partial charge in [-0.05, 0) is 45.7 Å². The number of aryl methyl sites for hydroxylation is 3. The van der Waals surface area contributed by atoms with Crippen LogP contribution in [0.4, 0.5) is 5.69 Å². The van der Waals surface area contributed by atoms with Gasteiger partial charge in [-0.3, -0.25) is 0 Å². The average Bonchev–Trinajstić information content (AvgIpc) is 2.26. The smallest absolute Gasteiger partial charge is 0.120 e. The van der Waals surface area contributed by atoms with E-state index in [1.54, 1.807) is 0 Å². The summed E-state index contributed by atoms with van der Waals surface area (Å²) in [6, 6.07) is 4.86. The third kappa shape index (κ3) is 6.12. The van der Waals surface area contributed by atoms with Crippen LogP contribution in [0.3, 0.4) is 0 Å². The van der Waals surface area contributed by atoms with Gasteiger partial charge in [-0.25, -0.2) is 0 Å². The molecule has 0 radical (unpaired) electrons. The molecule has 0 saturated carbocycles. The highest BCUT2D eigenvalue weighted by Crippen LogP contribution is 2.21. The summed E-state index contributed by atoms with van der Waals surface area (Å²) < 4.78 is 0.828. The zero-order valence-electron chi connectivity index (χ0n) is 14.5. The van der Waals surface area contributed by atoms with E-state index in [9.17, 15) is 5.11 Å². The summed E-state index contributed by atoms with van der Waals surface area (Å²) in [5, 5.41) is 13.7. The van der Waals surface area contributed by atoms with Crippen LogP contribution in [0.2, 0.25) is 0 Å². The highest BCUT2D eigenvalue weighted by atomic mass is 127. The maximum atomic E-state index is 10.3. The Labute approximate surface area is 147 Å². The van der Waals surface area contributed by atoms with Crippen LogP contribution in [0.25, 0.3) is 0 Å². The van der Waals surface area contributed by atoms with E-state index in [4.69, 9.17) is 0 Å². The fourth-order valence-electron chi connectivity index (χ4n) is 2.50. The topological polar surface area (TPSA) is 32.3 Å². The maximum absolute atomic E-state index is 10.3. The molecule has 21 heavy (non-hydrogen) atoms. The van der Waals surface area contributed by atoms with Crippen LogP contribution in [0.15, 0.2) is 12.1 Å². The number of nitrogens with zero attached hydrogens (tertiary/aromatic N) is 1. The van der Waals surface area contributed by atoms with E-state index >= 15 is 0 Å². The first-order valence-electron chi connectivity index (χ1n) is 7.46. The lowest BCUT2D eigenvalue weighted by atomic mass is 10.0. The minimum atomic E-state index is -0.340. The van der Waals surface area contributed by atoms with Gasteiger partial charge in [0.25, 0.3) is 0 Å². The van der Waals surface area contributed by atoms with E-state index in [1.807, 2.05) is 0 Å². The Balaban J connectivity index is 0.00000400. The summed E-state index contributed by atoms with van der Waals surface area (Å²) in [5.74, 6) is 0. The van der Waals surface area contributed by atoms with E-state index < -0.39 is 0 Å². The van der Waals surface area contributed by atoms with Crippen molar-refractivity contribution >= 4 is 5.69 Å². The third-order valence-corrected chi connectivity index (χ3v) is 4.27. The van der Waals surface area contributed by atoms with Crippen molar-refractivity contribution in [3.8, 4) is 0 Å². The summed E-state index contributed by atoms with van der Waals surface area (Å²) in [6.07, 6.45) is -0.340. The van der Waals surface area contributed by atoms with Gasteiger partial charge in [-0.1, -0.05) is 17.7 Å². The Morgan fingerprint density at radius 2 is 1.57 bits per heavy atom. The lowest BCUT2D eigenvalue weighted by Crippen LogP contribution is -3.00. The molecule has 1 aromatic carbocycles. The first-order valence-corrected chi connectivity index (χ1v) is 7.46. The van der Waals surface area contributed by atoms with Gasteiger partial charge < -0.3 is 38.9 Å².